The number of rotatable bonds is 5. The van der Waals surface area contributed by atoms with Gasteiger partial charge in [-0.3, -0.25) is 4.90 Å². The molecule has 0 aromatic carbocycles. The van der Waals surface area contributed by atoms with Crippen molar-refractivity contribution in [3.63, 3.8) is 0 Å². The normalized spacial score (nSPS) is 32.7. The van der Waals surface area contributed by atoms with Gasteiger partial charge in [0, 0.05) is 18.1 Å². The molecule has 1 fully saturated rings. The third-order valence-electron chi connectivity index (χ3n) is 6.74. The van der Waals surface area contributed by atoms with E-state index in [0.29, 0.717) is 17.5 Å². The van der Waals surface area contributed by atoms with Crippen molar-refractivity contribution >= 4 is 0 Å². The summed E-state index contributed by atoms with van der Waals surface area (Å²) in [4.78, 5) is 2.85. The first kappa shape index (κ1) is 19.0. The highest BCUT2D eigenvalue weighted by Crippen LogP contribution is 2.42. The molecule has 21 heavy (non-hydrogen) atoms. The fourth-order valence-electron chi connectivity index (χ4n) is 4.58. The lowest BCUT2D eigenvalue weighted by molar-refractivity contribution is 0.0220. The summed E-state index contributed by atoms with van der Waals surface area (Å²) < 4.78 is 0. The van der Waals surface area contributed by atoms with E-state index >= 15 is 0 Å². The van der Waals surface area contributed by atoms with E-state index < -0.39 is 0 Å². The van der Waals surface area contributed by atoms with Gasteiger partial charge in [-0.05, 0) is 56.8 Å². The van der Waals surface area contributed by atoms with Crippen molar-refractivity contribution in [2.24, 2.45) is 29.6 Å². The zero-order valence-corrected chi connectivity index (χ0v) is 16.2. The minimum atomic E-state index is 0.299. The first-order valence-corrected chi connectivity index (χ1v) is 9.43. The highest BCUT2D eigenvalue weighted by molar-refractivity contribution is 4.95. The van der Waals surface area contributed by atoms with Crippen LogP contribution in [0, 0.1) is 29.6 Å². The molecule has 0 aromatic heterocycles. The molecular formula is C20H41N. The molecular weight excluding hydrogens is 254 g/mol. The highest BCUT2D eigenvalue weighted by atomic mass is 15.2. The van der Waals surface area contributed by atoms with Crippen LogP contribution in [0.4, 0.5) is 0 Å². The zero-order chi connectivity index (χ0) is 16.4. The Kier molecular flexibility index (Phi) is 6.78. The van der Waals surface area contributed by atoms with E-state index in [1.807, 2.05) is 0 Å². The Hall–Kier alpha value is -0.0400. The minimum Gasteiger partial charge on any atom is -0.295 e. The first-order chi connectivity index (χ1) is 9.66. The van der Waals surface area contributed by atoms with Crippen molar-refractivity contribution in [3.05, 3.63) is 0 Å². The Morgan fingerprint density at radius 3 is 2.00 bits per heavy atom. The fraction of sp³-hybridized carbons (Fsp3) is 1.00. The van der Waals surface area contributed by atoms with Gasteiger partial charge in [0.15, 0.2) is 0 Å². The van der Waals surface area contributed by atoms with Crippen molar-refractivity contribution in [1.29, 1.82) is 0 Å². The van der Waals surface area contributed by atoms with Crippen LogP contribution in [0.15, 0.2) is 0 Å². The van der Waals surface area contributed by atoms with Crippen LogP contribution in [-0.2, 0) is 0 Å². The summed E-state index contributed by atoms with van der Waals surface area (Å²) in [6.45, 7) is 23.1. The molecule has 0 saturated carbocycles. The maximum atomic E-state index is 2.85. The summed E-state index contributed by atoms with van der Waals surface area (Å²) in [6, 6.07) is 0.713. The Labute approximate surface area is 134 Å². The number of nitrogens with zero attached hydrogens (tertiary/aromatic N) is 1. The van der Waals surface area contributed by atoms with Crippen LogP contribution in [0.1, 0.15) is 81.6 Å². The topological polar surface area (TPSA) is 3.24 Å². The molecule has 1 nitrogen and oxygen atoms in total. The van der Waals surface area contributed by atoms with Gasteiger partial charge in [0.1, 0.15) is 0 Å². The van der Waals surface area contributed by atoms with E-state index in [9.17, 15) is 0 Å². The molecule has 126 valence electrons. The second kappa shape index (κ2) is 7.49. The second-order valence-electron chi connectivity index (χ2n) is 8.69. The lowest BCUT2D eigenvalue weighted by Crippen LogP contribution is -2.53. The van der Waals surface area contributed by atoms with Crippen LogP contribution in [0.2, 0.25) is 0 Å². The molecule has 0 aromatic rings. The van der Waals surface area contributed by atoms with Gasteiger partial charge in [-0.15, -0.1) is 0 Å². The predicted molar refractivity (Wildman–Crippen MR) is 95.6 cm³/mol. The number of hydrogen-bond acceptors (Lipinski definition) is 1. The molecule has 1 heteroatoms. The van der Waals surface area contributed by atoms with Gasteiger partial charge < -0.3 is 0 Å². The first-order valence-electron chi connectivity index (χ1n) is 9.43. The van der Waals surface area contributed by atoms with Gasteiger partial charge in [0.05, 0.1) is 0 Å². The fourth-order valence-corrected chi connectivity index (χ4v) is 4.58. The minimum absolute atomic E-state index is 0.299. The quantitative estimate of drug-likeness (QED) is 0.616. The molecule has 1 rings (SSSR count). The zero-order valence-electron chi connectivity index (χ0n) is 16.2. The van der Waals surface area contributed by atoms with E-state index in [-0.39, 0.29) is 0 Å². The summed E-state index contributed by atoms with van der Waals surface area (Å²) in [5, 5.41) is 0. The molecule has 0 bridgehead atoms. The Morgan fingerprint density at radius 1 is 1.05 bits per heavy atom. The van der Waals surface area contributed by atoms with Crippen molar-refractivity contribution in [1.82, 2.24) is 4.90 Å². The largest absolute Gasteiger partial charge is 0.295 e. The summed E-state index contributed by atoms with van der Waals surface area (Å²) in [5.74, 6) is 4.16. The maximum Gasteiger partial charge on any atom is 0.0179 e. The smallest absolute Gasteiger partial charge is 0.0179 e. The van der Waals surface area contributed by atoms with Crippen LogP contribution in [-0.4, -0.2) is 23.0 Å². The van der Waals surface area contributed by atoms with Gasteiger partial charge in [0.25, 0.3) is 0 Å². The Balaban J connectivity index is 3.14. The summed E-state index contributed by atoms with van der Waals surface area (Å²) in [5.41, 5.74) is 0.299. The monoisotopic (exact) mass is 295 g/mol. The molecule has 4 unspecified atom stereocenters. The molecule has 0 amide bonds. The van der Waals surface area contributed by atoms with Gasteiger partial charge in [-0.1, -0.05) is 54.4 Å². The Bertz CT molecular complexity index is 305. The SMILES string of the molecule is CCC1CC(C)N(C(C)(C)C(C)C)CC(C(C)C)C1CC. The Morgan fingerprint density at radius 2 is 1.62 bits per heavy atom. The van der Waals surface area contributed by atoms with Crippen molar-refractivity contribution in [2.45, 2.75) is 93.2 Å². The van der Waals surface area contributed by atoms with Crippen molar-refractivity contribution < 1.29 is 0 Å². The van der Waals surface area contributed by atoms with Gasteiger partial charge in [-0.2, -0.15) is 0 Å². The van der Waals surface area contributed by atoms with Gasteiger partial charge in [-0.25, -0.2) is 0 Å². The van der Waals surface area contributed by atoms with Crippen LogP contribution in [0.5, 0.6) is 0 Å². The molecule has 0 aliphatic carbocycles. The molecule has 1 saturated heterocycles. The third-order valence-corrected chi connectivity index (χ3v) is 6.74. The van der Waals surface area contributed by atoms with E-state index in [4.69, 9.17) is 0 Å². The number of likely N-dealkylation sites (tertiary alicyclic amines) is 1. The van der Waals surface area contributed by atoms with Crippen LogP contribution < -0.4 is 0 Å². The maximum absolute atomic E-state index is 2.85. The average Bonchev–Trinajstić information content (AvgIpc) is 2.54. The molecule has 0 spiro atoms. The lowest BCUT2D eigenvalue weighted by atomic mass is 9.73. The molecule has 1 aliphatic rings. The van der Waals surface area contributed by atoms with Crippen LogP contribution in [0.3, 0.4) is 0 Å². The van der Waals surface area contributed by atoms with Crippen LogP contribution in [0.25, 0.3) is 0 Å². The molecule has 1 aliphatic heterocycles. The molecule has 4 atom stereocenters. The summed E-state index contributed by atoms with van der Waals surface area (Å²) in [7, 11) is 0. The summed E-state index contributed by atoms with van der Waals surface area (Å²) in [6.07, 6.45) is 4.08. The molecule has 0 radical (unpaired) electrons. The van der Waals surface area contributed by atoms with Crippen LogP contribution >= 0.6 is 0 Å². The second-order valence-corrected chi connectivity index (χ2v) is 8.69. The lowest BCUT2D eigenvalue weighted by Gasteiger charge is -2.46. The van der Waals surface area contributed by atoms with E-state index in [0.717, 1.165) is 23.7 Å². The van der Waals surface area contributed by atoms with E-state index in [1.165, 1.54) is 25.8 Å². The number of hydrogen-bond donors (Lipinski definition) is 0. The predicted octanol–water partition coefficient (Wildman–Crippen LogP) is 5.84. The molecule has 0 N–H and O–H groups in total. The highest BCUT2D eigenvalue weighted by Gasteiger charge is 2.42. The standard InChI is InChI=1S/C20H41N/c1-10-17-12-16(7)21(20(8,9)15(5)6)13-19(14(3)4)18(17)11-2/h14-19H,10-13H2,1-9H3. The van der Waals surface area contributed by atoms with Crippen molar-refractivity contribution in [2.75, 3.05) is 6.54 Å². The van der Waals surface area contributed by atoms with E-state index in [2.05, 4.69) is 67.2 Å². The average molecular weight is 296 g/mol. The van der Waals surface area contributed by atoms with Gasteiger partial charge in [0.2, 0.25) is 0 Å². The van der Waals surface area contributed by atoms with Gasteiger partial charge >= 0.3 is 0 Å². The van der Waals surface area contributed by atoms with E-state index in [1.54, 1.807) is 0 Å². The molecule has 1 heterocycles. The summed E-state index contributed by atoms with van der Waals surface area (Å²) >= 11 is 0. The van der Waals surface area contributed by atoms with Crippen molar-refractivity contribution in [3.8, 4) is 0 Å². The third kappa shape index (κ3) is 4.03.